The lowest BCUT2D eigenvalue weighted by molar-refractivity contribution is -0.161. The minimum Gasteiger partial charge on any atom is -0.462 e. The maximum atomic E-state index is 13.1. The van der Waals surface area contributed by atoms with Gasteiger partial charge in [-0.15, -0.1) is 0 Å². The summed E-state index contributed by atoms with van der Waals surface area (Å²) in [4.78, 5) is 72.7. The van der Waals surface area contributed by atoms with Crippen molar-refractivity contribution in [3.8, 4) is 0 Å². The van der Waals surface area contributed by atoms with E-state index < -0.39 is 97.5 Å². The van der Waals surface area contributed by atoms with Crippen molar-refractivity contribution >= 4 is 39.5 Å². The highest BCUT2D eigenvalue weighted by Crippen LogP contribution is 2.45. The Hall–Kier alpha value is -1.94. The number of phosphoric acid groups is 2. The second kappa shape index (κ2) is 66.6. The molecule has 0 heterocycles. The average molecular weight is 1400 g/mol. The second-order valence-corrected chi connectivity index (χ2v) is 31.7. The number of aliphatic hydroxyl groups excluding tert-OH is 1. The van der Waals surface area contributed by atoms with E-state index in [0.29, 0.717) is 25.7 Å². The Morgan fingerprint density at radius 3 is 0.716 bits per heavy atom. The fraction of sp³-hybridized carbons (Fsp3) is 0.947. The molecule has 0 aliphatic heterocycles. The molecular formula is C76H148O17P2. The lowest BCUT2D eigenvalue weighted by Crippen LogP contribution is -2.30. The molecule has 0 aliphatic rings. The van der Waals surface area contributed by atoms with Gasteiger partial charge in [0.1, 0.15) is 19.3 Å². The van der Waals surface area contributed by atoms with Crippen molar-refractivity contribution in [2.45, 2.75) is 407 Å². The molecule has 0 saturated heterocycles. The van der Waals surface area contributed by atoms with Crippen LogP contribution in [0.25, 0.3) is 0 Å². The molecule has 0 aromatic carbocycles. The summed E-state index contributed by atoms with van der Waals surface area (Å²) >= 11 is 0. The molecule has 95 heavy (non-hydrogen) atoms. The molecule has 0 bridgehead atoms. The zero-order valence-electron chi connectivity index (χ0n) is 62.1. The second-order valence-electron chi connectivity index (χ2n) is 28.8. The Balaban J connectivity index is 5.19. The highest BCUT2D eigenvalue weighted by atomic mass is 31.2. The van der Waals surface area contributed by atoms with E-state index in [4.69, 9.17) is 37.0 Å². The molecule has 0 rings (SSSR count). The smallest absolute Gasteiger partial charge is 0.462 e. The number of carbonyl (C=O) groups is 4. The van der Waals surface area contributed by atoms with Crippen LogP contribution in [0.15, 0.2) is 0 Å². The van der Waals surface area contributed by atoms with Gasteiger partial charge in [0.15, 0.2) is 12.2 Å². The van der Waals surface area contributed by atoms with Crippen molar-refractivity contribution in [1.82, 2.24) is 0 Å². The van der Waals surface area contributed by atoms with Gasteiger partial charge in [-0.2, -0.15) is 0 Å². The van der Waals surface area contributed by atoms with E-state index in [-0.39, 0.29) is 25.7 Å². The number of hydrogen-bond donors (Lipinski definition) is 3. The van der Waals surface area contributed by atoms with E-state index in [1.54, 1.807) is 0 Å². The molecule has 564 valence electrons. The van der Waals surface area contributed by atoms with E-state index in [9.17, 15) is 43.2 Å². The number of aliphatic hydroxyl groups is 1. The van der Waals surface area contributed by atoms with E-state index in [1.807, 2.05) is 0 Å². The third-order valence-electron chi connectivity index (χ3n) is 17.6. The average Bonchev–Trinajstić information content (AvgIpc) is 2.56. The number of ether oxygens (including phenoxy) is 4. The predicted octanol–water partition coefficient (Wildman–Crippen LogP) is 22.2. The van der Waals surface area contributed by atoms with Gasteiger partial charge in [-0.05, 0) is 43.4 Å². The molecule has 17 nitrogen and oxygen atoms in total. The molecular weight excluding hydrogens is 1250 g/mol. The molecule has 0 spiro atoms. The zero-order valence-corrected chi connectivity index (χ0v) is 63.9. The highest BCUT2D eigenvalue weighted by Gasteiger charge is 2.30. The van der Waals surface area contributed by atoms with Crippen molar-refractivity contribution in [2.75, 3.05) is 39.6 Å². The van der Waals surface area contributed by atoms with Crippen LogP contribution in [-0.4, -0.2) is 96.7 Å². The summed E-state index contributed by atoms with van der Waals surface area (Å²) in [6, 6.07) is 0. The van der Waals surface area contributed by atoms with E-state index in [1.165, 1.54) is 186 Å². The van der Waals surface area contributed by atoms with Gasteiger partial charge in [0.25, 0.3) is 0 Å². The fourth-order valence-electron chi connectivity index (χ4n) is 11.6. The number of esters is 4. The summed E-state index contributed by atoms with van der Waals surface area (Å²) in [5.74, 6) is 0.231. The topological polar surface area (TPSA) is 237 Å². The van der Waals surface area contributed by atoms with Crippen molar-refractivity contribution in [3.63, 3.8) is 0 Å². The summed E-state index contributed by atoms with van der Waals surface area (Å²) in [5.41, 5.74) is 0. The molecule has 5 atom stereocenters. The molecule has 0 amide bonds. The number of carbonyl (C=O) groups excluding carboxylic acids is 4. The minimum absolute atomic E-state index is 0.105. The molecule has 0 saturated carbocycles. The summed E-state index contributed by atoms with van der Waals surface area (Å²) in [7, 11) is -9.91. The quantitative estimate of drug-likeness (QED) is 0.0222. The Kier molecular flexibility index (Phi) is 65.2. The van der Waals surface area contributed by atoms with Gasteiger partial charge in [-0.25, -0.2) is 9.13 Å². The normalized spacial score (nSPS) is 14.1. The molecule has 0 aromatic heterocycles. The van der Waals surface area contributed by atoms with Crippen LogP contribution in [0.1, 0.15) is 389 Å². The molecule has 3 N–H and O–H groups in total. The monoisotopic (exact) mass is 1400 g/mol. The first-order valence-corrected chi connectivity index (χ1v) is 42.3. The van der Waals surface area contributed by atoms with Crippen molar-refractivity contribution in [2.24, 2.45) is 17.8 Å². The predicted molar refractivity (Wildman–Crippen MR) is 386 cm³/mol. The van der Waals surface area contributed by atoms with Gasteiger partial charge < -0.3 is 33.8 Å². The lowest BCUT2D eigenvalue weighted by Gasteiger charge is -2.21. The highest BCUT2D eigenvalue weighted by molar-refractivity contribution is 7.47. The SMILES string of the molecule is CCCCCCCCCC(=O)OC[C@H](COP(=O)(O)OC[C@H](O)COP(=O)(O)OC[C@@H](COC(=O)CCCCCCCCCCCCCCCC(C)C)OC(=O)CCCCCCCCCCCCCCCCCCC(C)C)OC(=O)CCCCCCCCCCCCC(C)C. The third kappa shape index (κ3) is 70.3. The molecule has 0 radical (unpaired) electrons. The first-order valence-electron chi connectivity index (χ1n) is 39.3. The van der Waals surface area contributed by atoms with Crippen molar-refractivity contribution in [1.29, 1.82) is 0 Å². The van der Waals surface area contributed by atoms with Gasteiger partial charge in [0.05, 0.1) is 26.4 Å². The maximum absolute atomic E-state index is 13.1. The number of hydrogen-bond acceptors (Lipinski definition) is 15. The van der Waals surface area contributed by atoms with Crippen LogP contribution in [-0.2, 0) is 65.4 Å². The summed E-state index contributed by atoms with van der Waals surface area (Å²) in [6.07, 6.45) is 52.9. The van der Waals surface area contributed by atoms with Gasteiger partial charge in [0, 0.05) is 25.7 Å². The van der Waals surface area contributed by atoms with E-state index >= 15 is 0 Å². The molecule has 0 fully saturated rings. The van der Waals surface area contributed by atoms with Crippen LogP contribution in [0.3, 0.4) is 0 Å². The molecule has 0 aromatic rings. The summed E-state index contributed by atoms with van der Waals surface area (Å²) in [5, 5.41) is 10.6. The summed E-state index contributed by atoms with van der Waals surface area (Å²) < 4.78 is 68.4. The maximum Gasteiger partial charge on any atom is 0.472 e. The Morgan fingerprint density at radius 1 is 0.284 bits per heavy atom. The van der Waals surface area contributed by atoms with Crippen LogP contribution in [0.5, 0.6) is 0 Å². The van der Waals surface area contributed by atoms with Crippen LogP contribution in [0, 0.1) is 17.8 Å². The summed E-state index contributed by atoms with van der Waals surface area (Å²) in [6.45, 7) is 11.9. The van der Waals surface area contributed by atoms with Gasteiger partial charge in [-0.1, -0.05) is 337 Å². The van der Waals surface area contributed by atoms with Crippen LogP contribution in [0.2, 0.25) is 0 Å². The van der Waals surface area contributed by atoms with Gasteiger partial charge in [-0.3, -0.25) is 37.3 Å². The number of phosphoric ester groups is 2. The standard InChI is InChI=1S/C76H148O17P2/c1-8-9-10-11-33-43-50-57-73(78)86-63-71(92-76(81)60-53-46-39-32-26-25-29-36-42-49-56-69(6)7)65-90-94(82,83)88-61-70(77)62-89-95(84,85)91-66-72(64-87-74(79)58-51-44-37-30-23-20-16-18-22-28-35-41-48-55-68(4)5)93-75(80)59-52-45-38-31-24-19-15-13-12-14-17-21-27-34-40-47-54-67(2)3/h67-72,77H,8-66H2,1-7H3,(H,82,83)(H,84,85)/t70-,71+,72+/m0/s1. The molecule has 2 unspecified atom stereocenters. The van der Waals surface area contributed by atoms with E-state index in [2.05, 4.69) is 48.5 Å². The first kappa shape index (κ1) is 93.1. The fourth-order valence-corrected chi connectivity index (χ4v) is 13.2. The number of rotatable bonds is 74. The van der Waals surface area contributed by atoms with Crippen molar-refractivity contribution < 1.29 is 80.2 Å². The largest absolute Gasteiger partial charge is 0.472 e. The zero-order chi connectivity index (χ0) is 70.1. The molecule has 0 aliphatic carbocycles. The van der Waals surface area contributed by atoms with Crippen LogP contribution >= 0.6 is 15.6 Å². The lowest BCUT2D eigenvalue weighted by atomic mass is 10.0. The van der Waals surface area contributed by atoms with Crippen LogP contribution < -0.4 is 0 Å². The first-order chi connectivity index (χ1) is 45.7. The van der Waals surface area contributed by atoms with Crippen molar-refractivity contribution in [3.05, 3.63) is 0 Å². The van der Waals surface area contributed by atoms with Crippen LogP contribution in [0.4, 0.5) is 0 Å². The molecule has 19 heteroatoms. The Bertz CT molecular complexity index is 1850. The minimum atomic E-state index is -4.96. The van der Waals surface area contributed by atoms with E-state index in [0.717, 1.165) is 120 Å². The van der Waals surface area contributed by atoms with Gasteiger partial charge >= 0.3 is 39.5 Å². The Morgan fingerprint density at radius 2 is 0.484 bits per heavy atom. The number of unbranched alkanes of at least 4 members (excludes halogenated alkanes) is 42. The Labute approximate surface area is 581 Å². The third-order valence-corrected chi connectivity index (χ3v) is 19.5. The van der Waals surface area contributed by atoms with Gasteiger partial charge in [0.2, 0.25) is 0 Å².